The summed E-state index contributed by atoms with van der Waals surface area (Å²) in [6.07, 6.45) is 0. The van der Waals surface area contributed by atoms with Gasteiger partial charge in [0.25, 0.3) is 0 Å². The summed E-state index contributed by atoms with van der Waals surface area (Å²) in [5, 5.41) is 0. The normalized spacial score (nSPS) is 15.4. The van der Waals surface area contributed by atoms with Gasteiger partial charge in [0.15, 0.2) is 0 Å². The maximum absolute atomic E-state index is 4.04. The number of hydrogen-bond donors (Lipinski definition) is 0. The molecule has 0 unspecified atom stereocenters. The van der Waals surface area contributed by atoms with Gasteiger partial charge < -0.3 is 0 Å². The minimum absolute atomic E-state index is 0.365. The summed E-state index contributed by atoms with van der Waals surface area (Å²) >= 11 is 2.61. The monoisotopic (exact) mass is 448 g/mol. The number of hydrogen-bond acceptors (Lipinski definition) is 0. The Bertz CT molecular complexity index is 735. The third-order valence-corrected chi connectivity index (χ3v) is 12.3. The topological polar surface area (TPSA) is 0 Å². The molecule has 0 amide bonds. The summed E-state index contributed by atoms with van der Waals surface area (Å²) in [5.41, 5.74) is 4.34. The fourth-order valence-corrected chi connectivity index (χ4v) is 10.4. The van der Waals surface area contributed by atoms with Crippen molar-refractivity contribution in [3.63, 3.8) is 0 Å². The molecule has 0 spiro atoms. The minimum atomic E-state index is -1.43. The second kappa shape index (κ2) is 5.58. The average molecular weight is 449 g/mol. The zero-order chi connectivity index (χ0) is 14.2. The molecule has 1 heterocycles. The van der Waals surface area contributed by atoms with E-state index >= 15 is 0 Å². The molecule has 0 fully saturated rings. The van der Waals surface area contributed by atoms with Crippen LogP contribution in [0, 0.1) is 7.14 Å². The van der Waals surface area contributed by atoms with E-state index < -0.39 is 17.6 Å². The van der Waals surface area contributed by atoms with E-state index in [0.29, 0.717) is 5.92 Å². The van der Waals surface area contributed by atoms with Gasteiger partial charge in [0.1, 0.15) is 0 Å². The number of benzene rings is 3. The Morgan fingerprint density at radius 1 is 0.619 bits per heavy atom. The van der Waals surface area contributed by atoms with Crippen molar-refractivity contribution in [3.8, 4) is 0 Å². The van der Waals surface area contributed by atoms with Crippen LogP contribution < -0.4 is 0 Å². The second-order valence-electron chi connectivity index (χ2n) is 5.12. The summed E-state index contributed by atoms with van der Waals surface area (Å²) in [6.45, 7) is 0. The average Bonchev–Trinajstić information content (AvgIpc) is 2.56. The number of halogens is 2. The molecule has 0 nitrogen and oxygen atoms in total. The fourth-order valence-electron chi connectivity index (χ4n) is 3.00. The zero-order valence-corrected chi connectivity index (χ0v) is 15.1. The molecule has 0 saturated carbocycles. The van der Waals surface area contributed by atoms with Crippen molar-refractivity contribution in [2.75, 3.05) is 0 Å². The van der Waals surface area contributed by atoms with Gasteiger partial charge in [0.2, 0.25) is 0 Å². The molecular weight excluding hydrogens is 435 g/mol. The van der Waals surface area contributed by atoms with E-state index in [-0.39, 0.29) is 0 Å². The first kappa shape index (κ1) is 13.5. The molecule has 2 heteroatoms. The van der Waals surface area contributed by atoms with Gasteiger partial charge in [0.05, 0.1) is 0 Å². The van der Waals surface area contributed by atoms with Crippen LogP contribution in [0.4, 0.5) is 0 Å². The Morgan fingerprint density at radius 2 is 1.10 bits per heavy atom. The van der Waals surface area contributed by atoms with E-state index in [1.54, 1.807) is 0 Å². The molecule has 0 N–H and O–H groups in total. The van der Waals surface area contributed by atoms with Crippen LogP contribution in [-0.4, -0.2) is 0 Å². The van der Waals surface area contributed by atoms with E-state index in [0.717, 1.165) is 0 Å². The van der Waals surface area contributed by atoms with E-state index in [1.165, 1.54) is 23.8 Å². The fraction of sp³-hybridized carbons (Fsp3) is 0.0526. The van der Waals surface area contributed by atoms with Gasteiger partial charge in [-0.2, -0.15) is 0 Å². The Balaban J connectivity index is 2.01. The van der Waals surface area contributed by atoms with Crippen LogP contribution in [0.5, 0.6) is 0 Å². The summed E-state index contributed by atoms with van der Waals surface area (Å²) in [7, 11) is 0. The zero-order valence-electron chi connectivity index (χ0n) is 11.3. The van der Waals surface area contributed by atoms with Gasteiger partial charge in [-0.15, -0.1) is 0 Å². The van der Waals surface area contributed by atoms with Crippen LogP contribution >= 0.6 is 30.3 Å². The van der Waals surface area contributed by atoms with Crippen molar-refractivity contribution >= 4 is 30.3 Å². The van der Waals surface area contributed by atoms with Crippen molar-refractivity contribution < 1.29 is 0 Å². The van der Waals surface area contributed by atoms with Crippen molar-refractivity contribution in [1.82, 2.24) is 0 Å². The molecule has 0 atom stereocenters. The van der Waals surface area contributed by atoms with Gasteiger partial charge in [0, 0.05) is 0 Å². The van der Waals surface area contributed by atoms with Crippen molar-refractivity contribution in [3.05, 3.63) is 103 Å². The van der Waals surface area contributed by atoms with Crippen LogP contribution in [0.3, 0.4) is 0 Å². The Kier molecular flexibility index (Phi) is 3.59. The molecule has 0 bridgehead atoms. The predicted molar refractivity (Wildman–Crippen MR) is 101 cm³/mol. The van der Waals surface area contributed by atoms with Crippen molar-refractivity contribution in [2.24, 2.45) is 0 Å². The van der Waals surface area contributed by atoms with Crippen LogP contribution in [0.25, 0.3) is 0 Å². The third kappa shape index (κ3) is 2.25. The summed E-state index contributed by atoms with van der Waals surface area (Å²) in [5.74, 6) is 0.365. The second-order valence-corrected chi connectivity index (χ2v) is 12.8. The van der Waals surface area contributed by atoms with Crippen molar-refractivity contribution in [2.45, 2.75) is 5.92 Å². The Morgan fingerprint density at radius 3 is 1.67 bits per heavy atom. The quantitative estimate of drug-likeness (QED) is 0.398. The van der Waals surface area contributed by atoms with E-state index in [4.69, 9.17) is 0 Å². The van der Waals surface area contributed by atoms with E-state index in [2.05, 4.69) is 91.6 Å². The molecule has 0 saturated heterocycles. The standard InChI is InChI=1S/C19H14BrI/c20-21-17-12-6-4-10-15(17)19(14-8-2-1-3-9-14)16-11-5-7-13-18(16)21/h1-13,19H. The predicted octanol–water partition coefficient (Wildman–Crippen LogP) is 6.04. The molecule has 4 rings (SSSR count). The summed E-state index contributed by atoms with van der Waals surface area (Å²) < 4.78 is 3.07. The van der Waals surface area contributed by atoms with Gasteiger partial charge in [-0.1, -0.05) is 0 Å². The Labute approximate surface area is 138 Å². The van der Waals surface area contributed by atoms with Gasteiger partial charge in [-0.05, 0) is 0 Å². The molecule has 0 aromatic heterocycles. The van der Waals surface area contributed by atoms with Crippen LogP contribution in [0.1, 0.15) is 22.6 Å². The first-order valence-corrected chi connectivity index (χ1v) is 13.9. The van der Waals surface area contributed by atoms with Crippen molar-refractivity contribution in [1.29, 1.82) is 0 Å². The molecule has 0 radical (unpaired) electrons. The van der Waals surface area contributed by atoms with Crippen LogP contribution in [0.15, 0.2) is 78.9 Å². The van der Waals surface area contributed by atoms with E-state index in [9.17, 15) is 0 Å². The Hall–Kier alpha value is -1.13. The molecule has 3 aromatic carbocycles. The first-order valence-electron chi connectivity index (χ1n) is 6.95. The number of fused-ring (bicyclic) bond motifs is 2. The SMILES string of the molecule is BrI1c2ccccc2C(c2ccccc2)c2ccccc21. The molecule has 1 aliphatic rings. The molecule has 21 heavy (non-hydrogen) atoms. The van der Waals surface area contributed by atoms with Gasteiger partial charge >= 0.3 is 139 Å². The van der Waals surface area contributed by atoms with Crippen LogP contribution in [-0.2, 0) is 0 Å². The molecule has 0 aliphatic carbocycles. The maximum atomic E-state index is 4.04. The number of rotatable bonds is 1. The van der Waals surface area contributed by atoms with E-state index in [1.807, 2.05) is 0 Å². The third-order valence-electron chi connectivity index (χ3n) is 3.92. The molecule has 1 aliphatic heterocycles. The summed E-state index contributed by atoms with van der Waals surface area (Å²) in [4.78, 5) is 0. The van der Waals surface area contributed by atoms with Gasteiger partial charge in [-0.25, -0.2) is 0 Å². The van der Waals surface area contributed by atoms with Crippen LogP contribution in [0.2, 0.25) is 0 Å². The molecule has 3 aromatic rings. The molecular formula is C19H14BrI. The van der Waals surface area contributed by atoms with Gasteiger partial charge in [-0.3, -0.25) is 0 Å². The first-order chi connectivity index (χ1) is 10.4. The summed E-state index contributed by atoms with van der Waals surface area (Å²) in [6, 6.07) is 28.7. The molecule has 104 valence electrons.